The van der Waals surface area contributed by atoms with E-state index in [1.807, 2.05) is 30.3 Å². The second kappa shape index (κ2) is 7.86. The lowest BCUT2D eigenvalue weighted by atomic mass is 9.99. The minimum absolute atomic E-state index is 0.0979. The smallest absolute Gasteiger partial charge is 0.139 e. The number of hydrogen-bond donors (Lipinski definition) is 0. The number of benzene rings is 2. The first-order valence-corrected chi connectivity index (χ1v) is 8.65. The molecular weight excluding hydrogens is 354 g/mol. The standard InChI is InChI=1S/C19H20BrNO2/c20-17-8-4-7-16(11-17)12-19-18(14-22)21(9-10-23-19)13-15-5-2-1-3-6-15/h1-8,11,14,18-19H,9-10,12-13H2. The van der Waals surface area contributed by atoms with E-state index >= 15 is 0 Å². The molecule has 0 radical (unpaired) electrons. The van der Waals surface area contributed by atoms with Crippen LogP contribution < -0.4 is 0 Å². The Morgan fingerprint density at radius 3 is 2.65 bits per heavy atom. The average Bonchev–Trinajstić information content (AvgIpc) is 2.56. The quantitative estimate of drug-likeness (QED) is 0.751. The van der Waals surface area contributed by atoms with Gasteiger partial charge in [-0.25, -0.2) is 0 Å². The molecule has 3 nitrogen and oxygen atoms in total. The van der Waals surface area contributed by atoms with E-state index in [0.717, 1.165) is 30.3 Å². The number of hydrogen-bond acceptors (Lipinski definition) is 3. The molecule has 2 aromatic rings. The molecule has 2 atom stereocenters. The van der Waals surface area contributed by atoms with Gasteiger partial charge in [0.15, 0.2) is 0 Å². The molecule has 1 saturated heterocycles. The third kappa shape index (κ3) is 4.28. The molecule has 0 bridgehead atoms. The van der Waals surface area contributed by atoms with Gasteiger partial charge < -0.3 is 9.53 Å². The van der Waals surface area contributed by atoms with Crippen molar-refractivity contribution in [2.45, 2.75) is 25.1 Å². The maximum atomic E-state index is 11.7. The summed E-state index contributed by atoms with van der Waals surface area (Å²) < 4.78 is 6.96. The molecule has 0 N–H and O–H groups in total. The molecule has 120 valence electrons. The summed E-state index contributed by atoms with van der Waals surface area (Å²) >= 11 is 3.49. The van der Waals surface area contributed by atoms with Crippen molar-refractivity contribution in [1.29, 1.82) is 0 Å². The van der Waals surface area contributed by atoms with E-state index < -0.39 is 0 Å². The van der Waals surface area contributed by atoms with Crippen LogP contribution in [0, 0.1) is 0 Å². The molecule has 1 heterocycles. The molecule has 3 rings (SSSR count). The van der Waals surface area contributed by atoms with E-state index in [9.17, 15) is 4.79 Å². The van der Waals surface area contributed by atoms with Gasteiger partial charge in [-0.3, -0.25) is 4.90 Å². The molecule has 0 saturated carbocycles. The second-order valence-corrected chi connectivity index (χ2v) is 6.74. The predicted octanol–water partition coefficient (Wildman–Crippen LogP) is 3.46. The molecule has 0 aliphatic carbocycles. The maximum absolute atomic E-state index is 11.7. The van der Waals surface area contributed by atoms with Crippen molar-refractivity contribution in [2.24, 2.45) is 0 Å². The van der Waals surface area contributed by atoms with Crippen LogP contribution in [0.2, 0.25) is 0 Å². The molecule has 23 heavy (non-hydrogen) atoms. The third-order valence-corrected chi connectivity index (χ3v) is 4.70. The summed E-state index contributed by atoms with van der Waals surface area (Å²) in [6, 6.07) is 18.2. The fraction of sp³-hybridized carbons (Fsp3) is 0.316. The van der Waals surface area contributed by atoms with Crippen LogP contribution in [0.5, 0.6) is 0 Å². The van der Waals surface area contributed by atoms with E-state index in [1.54, 1.807) is 0 Å². The van der Waals surface area contributed by atoms with Crippen LogP contribution in [0.4, 0.5) is 0 Å². The fourth-order valence-corrected chi connectivity index (χ4v) is 3.50. The normalized spacial score (nSPS) is 22.0. The zero-order chi connectivity index (χ0) is 16.1. The maximum Gasteiger partial charge on any atom is 0.139 e. The third-order valence-electron chi connectivity index (χ3n) is 4.21. The Morgan fingerprint density at radius 1 is 1.13 bits per heavy atom. The molecule has 2 unspecified atom stereocenters. The summed E-state index contributed by atoms with van der Waals surface area (Å²) in [6.45, 7) is 2.23. The second-order valence-electron chi connectivity index (χ2n) is 5.83. The number of halogens is 1. The average molecular weight is 374 g/mol. The van der Waals surface area contributed by atoms with Crippen LogP contribution in [0.1, 0.15) is 11.1 Å². The van der Waals surface area contributed by atoms with Gasteiger partial charge >= 0.3 is 0 Å². The Bertz CT molecular complexity index is 647. The van der Waals surface area contributed by atoms with Gasteiger partial charge in [-0.05, 0) is 23.3 Å². The minimum atomic E-state index is -0.206. The van der Waals surface area contributed by atoms with Crippen LogP contribution in [-0.4, -0.2) is 36.5 Å². The Hall–Kier alpha value is -1.49. The zero-order valence-electron chi connectivity index (χ0n) is 12.9. The summed E-state index contributed by atoms with van der Waals surface area (Å²) in [5.41, 5.74) is 2.40. The van der Waals surface area contributed by atoms with Gasteiger partial charge in [0.1, 0.15) is 6.29 Å². The first-order valence-electron chi connectivity index (χ1n) is 7.85. The number of nitrogens with zero attached hydrogens (tertiary/aromatic N) is 1. The molecule has 0 spiro atoms. The SMILES string of the molecule is O=CC1C(Cc2cccc(Br)c2)OCCN1Cc1ccccc1. The molecule has 2 aromatic carbocycles. The molecule has 1 aliphatic rings. The van der Waals surface area contributed by atoms with Gasteiger partial charge in [-0.15, -0.1) is 0 Å². The van der Waals surface area contributed by atoms with Gasteiger partial charge in [0.2, 0.25) is 0 Å². The van der Waals surface area contributed by atoms with E-state index in [1.165, 1.54) is 11.1 Å². The van der Waals surface area contributed by atoms with Crippen molar-refractivity contribution >= 4 is 22.2 Å². The van der Waals surface area contributed by atoms with Crippen molar-refractivity contribution in [3.8, 4) is 0 Å². The number of carbonyl (C=O) groups is 1. The Morgan fingerprint density at radius 2 is 1.91 bits per heavy atom. The van der Waals surface area contributed by atoms with Crippen LogP contribution in [0.15, 0.2) is 59.1 Å². The topological polar surface area (TPSA) is 29.5 Å². The van der Waals surface area contributed by atoms with Crippen molar-refractivity contribution in [3.05, 3.63) is 70.2 Å². The lowest BCUT2D eigenvalue weighted by molar-refractivity contribution is -0.126. The number of aldehydes is 1. The first kappa shape index (κ1) is 16.4. The Labute approximate surface area is 145 Å². The van der Waals surface area contributed by atoms with E-state index in [4.69, 9.17) is 4.74 Å². The Kier molecular flexibility index (Phi) is 5.60. The highest BCUT2D eigenvalue weighted by Crippen LogP contribution is 2.21. The molecular formula is C19H20BrNO2. The summed E-state index contributed by atoms with van der Waals surface area (Å²) in [7, 11) is 0. The van der Waals surface area contributed by atoms with Gasteiger partial charge in [0.05, 0.1) is 18.8 Å². The summed E-state index contributed by atoms with van der Waals surface area (Å²) in [6.07, 6.45) is 1.68. The van der Waals surface area contributed by atoms with Gasteiger partial charge in [0.25, 0.3) is 0 Å². The van der Waals surface area contributed by atoms with Gasteiger partial charge in [0, 0.05) is 24.0 Å². The van der Waals surface area contributed by atoms with Crippen LogP contribution in [0.25, 0.3) is 0 Å². The monoisotopic (exact) mass is 373 g/mol. The summed E-state index contributed by atoms with van der Waals surface area (Å²) in [5.74, 6) is 0. The zero-order valence-corrected chi connectivity index (χ0v) is 14.5. The van der Waals surface area contributed by atoms with Crippen LogP contribution in [0.3, 0.4) is 0 Å². The largest absolute Gasteiger partial charge is 0.374 e. The minimum Gasteiger partial charge on any atom is -0.374 e. The highest BCUT2D eigenvalue weighted by atomic mass is 79.9. The lowest BCUT2D eigenvalue weighted by Crippen LogP contribution is -2.52. The summed E-state index contributed by atoms with van der Waals surface area (Å²) in [5, 5.41) is 0. The molecule has 0 amide bonds. The molecule has 1 fully saturated rings. The lowest BCUT2D eigenvalue weighted by Gasteiger charge is -2.38. The molecule has 1 aliphatic heterocycles. The predicted molar refractivity (Wildman–Crippen MR) is 94.3 cm³/mol. The van der Waals surface area contributed by atoms with Crippen molar-refractivity contribution < 1.29 is 9.53 Å². The van der Waals surface area contributed by atoms with E-state index in [0.29, 0.717) is 6.61 Å². The van der Waals surface area contributed by atoms with Gasteiger partial charge in [-0.2, -0.15) is 0 Å². The first-order chi connectivity index (χ1) is 11.3. The fourth-order valence-electron chi connectivity index (χ4n) is 3.06. The van der Waals surface area contributed by atoms with E-state index in [-0.39, 0.29) is 12.1 Å². The van der Waals surface area contributed by atoms with Crippen molar-refractivity contribution in [3.63, 3.8) is 0 Å². The number of ether oxygens (including phenoxy) is 1. The van der Waals surface area contributed by atoms with Crippen LogP contribution >= 0.6 is 15.9 Å². The molecule has 0 aromatic heterocycles. The molecule has 4 heteroatoms. The van der Waals surface area contributed by atoms with Crippen molar-refractivity contribution in [2.75, 3.05) is 13.2 Å². The highest BCUT2D eigenvalue weighted by Gasteiger charge is 2.32. The highest BCUT2D eigenvalue weighted by molar-refractivity contribution is 9.10. The van der Waals surface area contributed by atoms with Crippen LogP contribution in [-0.2, 0) is 22.5 Å². The van der Waals surface area contributed by atoms with E-state index in [2.05, 4.69) is 45.1 Å². The number of morpholine rings is 1. The Balaban J connectivity index is 1.72. The van der Waals surface area contributed by atoms with Crippen molar-refractivity contribution in [1.82, 2.24) is 4.90 Å². The number of rotatable bonds is 5. The summed E-state index contributed by atoms with van der Waals surface area (Å²) in [4.78, 5) is 13.9. The van der Waals surface area contributed by atoms with Gasteiger partial charge in [-0.1, -0.05) is 58.4 Å². The number of carbonyl (C=O) groups excluding carboxylic acids is 1.